The van der Waals surface area contributed by atoms with Crippen LogP contribution in [-0.4, -0.2) is 42.9 Å². The van der Waals surface area contributed by atoms with E-state index in [9.17, 15) is 0 Å². The summed E-state index contributed by atoms with van der Waals surface area (Å²) in [5, 5.41) is 3.65. The molecule has 2 saturated heterocycles. The Labute approximate surface area is 93.2 Å². The third-order valence-corrected chi connectivity index (χ3v) is 3.72. The number of hydrogen-bond donors (Lipinski definition) is 1. The van der Waals surface area contributed by atoms with Crippen LogP contribution in [0.15, 0.2) is 0 Å². The van der Waals surface area contributed by atoms with Crippen molar-refractivity contribution in [2.45, 2.75) is 44.9 Å². The smallest absolute Gasteiger partial charge is 0.121 e. The fraction of sp³-hybridized carbons (Fsp3) is 1.00. The summed E-state index contributed by atoms with van der Waals surface area (Å²) < 4.78 is 6.01. The molecule has 0 saturated carbocycles. The van der Waals surface area contributed by atoms with E-state index in [-0.39, 0.29) is 11.3 Å². The summed E-state index contributed by atoms with van der Waals surface area (Å²) in [6.07, 6.45) is 2.58. The van der Waals surface area contributed by atoms with Crippen LogP contribution in [0.1, 0.15) is 33.6 Å². The van der Waals surface area contributed by atoms with Crippen molar-refractivity contribution in [3.8, 4) is 0 Å². The quantitative estimate of drug-likeness (QED) is 0.712. The van der Waals surface area contributed by atoms with Gasteiger partial charge in [-0.05, 0) is 47.2 Å². The fourth-order valence-corrected chi connectivity index (χ4v) is 2.91. The zero-order valence-corrected chi connectivity index (χ0v) is 10.5. The number of nitrogens with one attached hydrogen (secondary N) is 1. The number of piperidine rings is 1. The van der Waals surface area contributed by atoms with E-state index in [1.807, 2.05) is 0 Å². The van der Waals surface area contributed by atoms with Gasteiger partial charge in [0, 0.05) is 18.0 Å². The second kappa shape index (κ2) is 3.72. The Morgan fingerprint density at radius 2 is 2.07 bits per heavy atom. The minimum absolute atomic E-state index is 0.113. The van der Waals surface area contributed by atoms with Gasteiger partial charge in [-0.3, -0.25) is 5.32 Å². The lowest BCUT2D eigenvalue weighted by molar-refractivity contribution is -0.0631. The van der Waals surface area contributed by atoms with Crippen LogP contribution in [0.3, 0.4) is 0 Å². The van der Waals surface area contributed by atoms with Crippen LogP contribution in [0.5, 0.6) is 0 Å². The van der Waals surface area contributed by atoms with Crippen molar-refractivity contribution in [3.63, 3.8) is 0 Å². The zero-order chi connectivity index (χ0) is 11.1. The van der Waals surface area contributed by atoms with Gasteiger partial charge >= 0.3 is 0 Å². The van der Waals surface area contributed by atoms with E-state index < -0.39 is 0 Å². The lowest BCUT2D eigenvalue weighted by Crippen LogP contribution is -2.55. The molecular formula is C12H24N2O. The number of likely N-dealkylation sites (tertiary alicyclic amines) is 1. The molecule has 2 unspecified atom stereocenters. The summed E-state index contributed by atoms with van der Waals surface area (Å²) in [4.78, 5) is 2.41. The summed E-state index contributed by atoms with van der Waals surface area (Å²) in [5.41, 5.74) is 0.0168. The minimum atomic E-state index is -0.113. The summed E-state index contributed by atoms with van der Waals surface area (Å²) in [7, 11) is 2.20. The maximum absolute atomic E-state index is 6.01. The van der Waals surface area contributed by atoms with Gasteiger partial charge in [0.05, 0.1) is 6.61 Å². The molecule has 2 atom stereocenters. The third-order valence-electron chi connectivity index (χ3n) is 3.72. The Bertz CT molecular complexity index is 242. The topological polar surface area (TPSA) is 24.5 Å². The van der Waals surface area contributed by atoms with Crippen molar-refractivity contribution >= 4 is 0 Å². The lowest BCUT2D eigenvalue weighted by atomic mass is 9.88. The van der Waals surface area contributed by atoms with Crippen LogP contribution in [0.4, 0.5) is 0 Å². The molecule has 15 heavy (non-hydrogen) atoms. The predicted molar refractivity (Wildman–Crippen MR) is 61.8 cm³/mol. The molecule has 0 aromatic heterocycles. The molecule has 2 heterocycles. The zero-order valence-electron chi connectivity index (χ0n) is 10.5. The molecule has 0 bridgehead atoms. The maximum Gasteiger partial charge on any atom is 0.121 e. The first kappa shape index (κ1) is 11.4. The average Bonchev–Trinajstić information content (AvgIpc) is 2.42. The minimum Gasteiger partial charge on any atom is -0.359 e. The van der Waals surface area contributed by atoms with Crippen LogP contribution in [-0.2, 0) is 4.74 Å². The number of nitrogens with zero attached hydrogens (tertiary/aromatic N) is 1. The van der Waals surface area contributed by atoms with E-state index >= 15 is 0 Å². The molecule has 2 aliphatic heterocycles. The normalized spacial score (nSPS) is 42.0. The van der Waals surface area contributed by atoms with Crippen molar-refractivity contribution in [2.24, 2.45) is 5.92 Å². The predicted octanol–water partition coefficient (Wildman–Crippen LogP) is 1.44. The SMILES string of the molecule is CN1CCCC(C2(C)NC(C)(C)CO2)C1. The number of hydrogen-bond acceptors (Lipinski definition) is 3. The van der Waals surface area contributed by atoms with Crippen LogP contribution < -0.4 is 5.32 Å². The second-order valence-corrected chi connectivity index (χ2v) is 6.01. The molecule has 2 rings (SSSR count). The maximum atomic E-state index is 6.01. The second-order valence-electron chi connectivity index (χ2n) is 6.01. The number of rotatable bonds is 1. The standard InChI is InChI=1S/C12H24N2O/c1-11(2)9-15-12(3,13-11)10-6-5-7-14(4)8-10/h10,13H,5-9H2,1-4H3. The molecular weight excluding hydrogens is 188 g/mol. The van der Waals surface area contributed by atoms with Gasteiger partial charge in [0.25, 0.3) is 0 Å². The highest BCUT2D eigenvalue weighted by Crippen LogP contribution is 2.34. The Morgan fingerprint density at radius 1 is 1.33 bits per heavy atom. The van der Waals surface area contributed by atoms with Crippen molar-refractivity contribution in [2.75, 3.05) is 26.7 Å². The molecule has 1 N–H and O–H groups in total. The first-order chi connectivity index (χ1) is 6.91. The number of ether oxygens (including phenoxy) is 1. The highest BCUT2D eigenvalue weighted by Gasteiger charge is 2.46. The molecule has 0 aromatic rings. The molecule has 0 radical (unpaired) electrons. The molecule has 0 aliphatic carbocycles. The van der Waals surface area contributed by atoms with Crippen LogP contribution in [0.25, 0.3) is 0 Å². The largest absolute Gasteiger partial charge is 0.359 e. The van der Waals surface area contributed by atoms with Crippen LogP contribution in [0, 0.1) is 5.92 Å². The summed E-state index contributed by atoms with van der Waals surface area (Å²) >= 11 is 0. The van der Waals surface area contributed by atoms with Gasteiger partial charge in [-0.2, -0.15) is 0 Å². The van der Waals surface area contributed by atoms with Gasteiger partial charge in [-0.25, -0.2) is 0 Å². The van der Waals surface area contributed by atoms with Gasteiger partial charge < -0.3 is 9.64 Å². The van der Waals surface area contributed by atoms with Crippen LogP contribution in [0.2, 0.25) is 0 Å². The monoisotopic (exact) mass is 212 g/mol. The van der Waals surface area contributed by atoms with E-state index in [1.165, 1.54) is 19.4 Å². The summed E-state index contributed by atoms with van der Waals surface area (Å²) in [6, 6.07) is 0. The molecule has 0 aromatic carbocycles. The average molecular weight is 212 g/mol. The van der Waals surface area contributed by atoms with E-state index in [1.54, 1.807) is 0 Å². The first-order valence-electron chi connectivity index (χ1n) is 6.03. The van der Waals surface area contributed by atoms with Crippen molar-refractivity contribution in [1.29, 1.82) is 0 Å². The Hall–Kier alpha value is -0.120. The van der Waals surface area contributed by atoms with Crippen molar-refractivity contribution in [3.05, 3.63) is 0 Å². The van der Waals surface area contributed by atoms with Crippen molar-refractivity contribution in [1.82, 2.24) is 10.2 Å². The van der Waals surface area contributed by atoms with Gasteiger partial charge in [0.2, 0.25) is 0 Å². The van der Waals surface area contributed by atoms with Gasteiger partial charge in [-0.15, -0.1) is 0 Å². The van der Waals surface area contributed by atoms with Crippen molar-refractivity contribution < 1.29 is 4.74 Å². The van der Waals surface area contributed by atoms with E-state index in [0.717, 1.165) is 13.2 Å². The highest BCUT2D eigenvalue weighted by molar-refractivity contribution is 4.97. The first-order valence-corrected chi connectivity index (χ1v) is 6.03. The van der Waals surface area contributed by atoms with Gasteiger partial charge in [0.15, 0.2) is 0 Å². The van der Waals surface area contributed by atoms with Gasteiger partial charge in [-0.1, -0.05) is 0 Å². The molecule has 0 spiro atoms. The fourth-order valence-electron chi connectivity index (χ4n) is 2.91. The Morgan fingerprint density at radius 3 is 2.60 bits per heavy atom. The molecule has 0 amide bonds. The molecule has 2 fully saturated rings. The summed E-state index contributed by atoms with van der Waals surface area (Å²) in [6.45, 7) is 9.85. The summed E-state index contributed by atoms with van der Waals surface area (Å²) in [5.74, 6) is 0.623. The van der Waals surface area contributed by atoms with E-state index in [2.05, 4.69) is 38.0 Å². The Kier molecular flexibility index (Phi) is 2.82. The lowest BCUT2D eigenvalue weighted by Gasteiger charge is -2.40. The van der Waals surface area contributed by atoms with Crippen LogP contribution >= 0.6 is 0 Å². The molecule has 3 heteroatoms. The third kappa shape index (κ3) is 2.35. The van der Waals surface area contributed by atoms with E-state index in [0.29, 0.717) is 5.92 Å². The highest BCUT2D eigenvalue weighted by atomic mass is 16.5. The molecule has 2 aliphatic rings. The van der Waals surface area contributed by atoms with E-state index in [4.69, 9.17) is 4.74 Å². The van der Waals surface area contributed by atoms with Gasteiger partial charge in [0.1, 0.15) is 5.72 Å². The molecule has 3 nitrogen and oxygen atoms in total. The molecule has 88 valence electrons. The Balaban J connectivity index is 2.03.